The van der Waals surface area contributed by atoms with Crippen LogP contribution in [0.4, 0.5) is 5.88 Å². The van der Waals surface area contributed by atoms with Gasteiger partial charge in [-0.15, -0.1) is 0 Å². The zero-order chi connectivity index (χ0) is 17.1. The maximum absolute atomic E-state index is 11.9. The minimum Gasteiger partial charge on any atom is -0.449 e. The molecule has 0 radical (unpaired) electrons. The van der Waals surface area contributed by atoms with Crippen molar-refractivity contribution in [1.29, 1.82) is 0 Å². The molecule has 0 aromatic carbocycles. The first-order chi connectivity index (χ1) is 10.7. The topological polar surface area (TPSA) is 51.5 Å². The Bertz CT molecular complexity index is 555. The number of rotatable bonds is 6. The summed E-state index contributed by atoms with van der Waals surface area (Å²) in [7, 11) is -1.71. The van der Waals surface area contributed by atoms with E-state index in [2.05, 4.69) is 45.3 Å². The van der Waals surface area contributed by atoms with Crippen LogP contribution in [0.3, 0.4) is 0 Å². The van der Waals surface area contributed by atoms with E-state index in [0.717, 1.165) is 19.3 Å². The van der Waals surface area contributed by atoms with Crippen LogP contribution < -0.4 is 5.32 Å². The van der Waals surface area contributed by atoms with E-state index in [9.17, 15) is 4.79 Å². The average molecular weight is 336 g/mol. The van der Waals surface area contributed by atoms with E-state index in [-0.39, 0.29) is 10.9 Å². The van der Waals surface area contributed by atoms with Crippen molar-refractivity contribution in [3.05, 3.63) is 30.0 Å². The van der Waals surface area contributed by atoms with Crippen molar-refractivity contribution in [3.8, 4) is 0 Å². The van der Waals surface area contributed by atoms with Gasteiger partial charge >= 0.3 is 0 Å². The van der Waals surface area contributed by atoms with Crippen LogP contribution in [0, 0.1) is 0 Å². The summed E-state index contributed by atoms with van der Waals surface area (Å²) in [6.45, 7) is 11.4. The molecule has 0 fully saturated rings. The number of furan rings is 1. The molecule has 1 heterocycles. The van der Waals surface area contributed by atoms with Crippen molar-refractivity contribution >= 4 is 20.1 Å². The highest BCUT2D eigenvalue weighted by Crippen LogP contribution is 2.39. The van der Waals surface area contributed by atoms with Crippen molar-refractivity contribution in [2.45, 2.75) is 70.7 Å². The van der Waals surface area contributed by atoms with Crippen molar-refractivity contribution in [1.82, 2.24) is 0 Å². The first-order valence-corrected chi connectivity index (χ1v) is 11.3. The smallest absolute Gasteiger partial charge is 0.227 e. The molecule has 23 heavy (non-hydrogen) atoms. The summed E-state index contributed by atoms with van der Waals surface area (Å²) in [5.41, 5.74) is 1.34. The second kappa shape index (κ2) is 7.05. The Kier molecular flexibility index (Phi) is 5.52. The van der Waals surface area contributed by atoms with E-state index < -0.39 is 8.32 Å². The van der Waals surface area contributed by atoms with Crippen LogP contribution in [0.15, 0.2) is 34.5 Å². The first kappa shape index (κ1) is 18.0. The molecular formula is C18H29NO3Si. The fourth-order valence-corrected chi connectivity index (χ4v) is 3.83. The third-order valence-corrected chi connectivity index (χ3v) is 9.42. The maximum Gasteiger partial charge on any atom is 0.227 e. The van der Waals surface area contributed by atoms with Crippen LogP contribution in [0.5, 0.6) is 0 Å². The number of carbonyl (C=O) groups excluding carboxylic acids is 1. The number of amides is 1. The van der Waals surface area contributed by atoms with Gasteiger partial charge < -0.3 is 8.84 Å². The van der Waals surface area contributed by atoms with E-state index in [1.807, 2.05) is 0 Å². The number of hydrogen-bond donors (Lipinski definition) is 1. The highest BCUT2D eigenvalue weighted by molar-refractivity contribution is 6.74. The van der Waals surface area contributed by atoms with Gasteiger partial charge in [-0.25, -0.2) is 0 Å². The second-order valence-corrected chi connectivity index (χ2v) is 12.6. The molecule has 1 aromatic heterocycles. The van der Waals surface area contributed by atoms with Crippen LogP contribution >= 0.6 is 0 Å². The zero-order valence-corrected chi connectivity index (χ0v) is 15.9. The molecule has 1 N–H and O–H groups in total. The largest absolute Gasteiger partial charge is 0.449 e. The monoisotopic (exact) mass is 335 g/mol. The highest BCUT2D eigenvalue weighted by atomic mass is 28.4. The molecule has 1 atom stereocenters. The van der Waals surface area contributed by atoms with Crippen LogP contribution in [-0.4, -0.2) is 20.3 Å². The van der Waals surface area contributed by atoms with Gasteiger partial charge in [0.1, 0.15) is 0 Å². The minimum absolute atomic E-state index is 0.00499. The molecule has 1 aliphatic rings. The Labute approximate surface area is 140 Å². The van der Waals surface area contributed by atoms with Crippen molar-refractivity contribution in [2.75, 3.05) is 5.32 Å². The van der Waals surface area contributed by atoms with E-state index in [4.69, 9.17) is 8.84 Å². The standard InChI is InChI=1S/C18H29NO3Si/c1-18(2,3)23(4,5)22-15-10-8-14(13-15)9-11-16(20)19-17-7-6-12-21-17/h6-8,12,15H,9-11,13H2,1-5H3,(H,19,20). The SMILES string of the molecule is CC(C)(C)[Si](C)(C)OC1CC=C(CCC(=O)Nc2ccco2)C1. The Morgan fingerprint density at radius 2 is 2.17 bits per heavy atom. The first-order valence-electron chi connectivity index (χ1n) is 8.36. The van der Waals surface area contributed by atoms with Gasteiger partial charge in [-0.2, -0.15) is 0 Å². The normalized spacial score (nSPS) is 18.8. The van der Waals surface area contributed by atoms with Crippen molar-refractivity contribution in [2.24, 2.45) is 0 Å². The molecule has 0 spiro atoms. The molecule has 4 nitrogen and oxygen atoms in total. The molecule has 0 saturated carbocycles. The molecule has 5 heteroatoms. The van der Waals surface area contributed by atoms with Gasteiger partial charge in [-0.1, -0.05) is 32.4 Å². The van der Waals surface area contributed by atoms with Gasteiger partial charge in [0.05, 0.1) is 12.4 Å². The van der Waals surface area contributed by atoms with Crippen LogP contribution in [0.25, 0.3) is 0 Å². The number of hydrogen-bond acceptors (Lipinski definition) is 3. The second-order valence-electron chi connectivity index (χ2n) is 7.83. The van der Waals surface area contributed by atoms with Crippen LogP contribution in [0.1, 0.15) is 46.5 Å². The molecule has 0 saturated heterocycles. The van der Waals surface area contributed by atoms with Gasteiger partial charge in [0.2, 0.25) is 5.91 Å². The predicted molar refractivity (Wildman–Crippen MR) is 96.0 cm³/mol. The fourth-order valence-electron chi connectivity index (χ4n) is 2.47. The molecule has 128 valence electrons. The molecule has 1 aromatic rings. The summed E-state index contributed by atoms with van der Waals surface area (Å²) < 4.78 is 11.6. The Balaban J connectivity index is 1.74. The lowest BCUT2D eigenvalue weighted by Gasteiger charge is -2.38. The third-order valence-electron chi connectivity index (χ3n) is 4.88. The lowest BCUT2D eigenvalue weighted by atomic mass is 10.1. The Hall–Kier alpha value is -1.33. The van der Waals surface area contributed by atoms with Gasteiger partial charge in [0.15, 0.2) is 14.2 Å². The fraction of sp³-hybridized carbons (Fsp3) is 0.611. The Morgan fingerprint density at radius 3 is 2.78 bits per heavy atom. The molecular weight excluding hydrogens is 306 g/mol. The van der Waals surface area contributed by atoms with Crippen molar-refractivity contribution < 1.29 is 13.6 Å². The van der Waals surface area contributed by atoms with E-state index in [0.29, 0.717) is 18.4 Å². The highest BCUT2D eigenvalue weighted by Gasteiger charge is 2.39. The molecule has 0 aliphatic heterocycles. The molecule has 1 aliphatic carbocycles. The zero-order valence-electron chi connectivity index (χ0n) is 14.9. The van der Waals surface area contributed by atoms with E-state index >= 15 is 0 Å². The van der Waals surface area contributed by atoms with E-state index in [1.54, 1.807) is 18.4 Å². The van der Waals surface area contributed by atoms with Gasteiger partial charge in [-0.05, 0) is 43.5 Å². The van der Waals surface area contributed by atoms with Gasteiger partial charge in [0, 0.05) is 12.5 Å². The maximum atomic E-state index is 11.9. The summed E-state index contributed by atoms with van der Waals surface area (Å²) in [4.78, 5) is 11.9. The molecule has 1 unspecified atom stereocenters. The molecule has 2 rings (SSSR count). The minimum atomic E-state index is -1.71. The summed E-state index contributed by atoms with van der Waals surface area (Å²) in [6, 6.07) is 3.51. The quantitative estimate of drug-likeness (QED) is 0.580. The van der Waals surface area contributed by atoms with Gasteiger partial charge in [-0.3, -0.25) is 10.1 Å². The number of nitrogens with one attached hydrogen (secondary N) is 1. The lowest BCUT2D eigenvalue weighted by molar-refractivity contribution is -0.116. The number of carbonyl (C=O) groups is 1. The van der Waals surface area contributed by atoms with Gasteiger partial charge in [0.25, 0.3) is 0 Å². The number of anilines is 1. The lowest BCUT2D eigenvalue weighted by Crippen LogP contribution is -2.43. The third kappa shape index (κ3) is 5.08. The summed E-state index contributed by atoms with van der Waals surface area (Å²) >= 11 is 0. The van der Waals surface area contributed by atoms with E-state index in [1.165, 1.54) is 5.57 Å². The summed E-state index contributed by atoms with van der Waals surface area (Å²) in [6.07, 6.45) is 7.31. The summed E-state index contributed by atoms with van der Waals surface area (Å²) in [5.74, 6) is 0.504. The predicted octanol–water partition coefficient (Wildman–Crippen LogP) is 5.11. The average Bonchev–Trinajstić information content (AvgIpc) is 3.06. The van der Waals surface area contributed by atoms with Crippen LogP contribution in [-0.2, 0) is 9.22 Å². The molecule has 0 bridgehead atoms. The van der Waals surface area contributed by atoms with Crippen molar-refractivity contribution in [3.63, 3.8) is 0 Å². The molecule has 1 amide bonds. The Morgan fingerprint density at radius 1 is 1.43 bits per heavy atom. The van der Waals surface area contributed by atoms with Crippen LogP contribution in [0.2, 0.25) is 18.1 Å². The summed E-state index contributed by atoms with van der Waals surface area (Å²) in [5, 5.41) is 2.99.